The van der Waals surface area contributed by atoms with Crippen LogP contribution in [-0.2, 0) is 4.79 Å². The average Bonchev–Trinajstić information content (AvgIpc) is 2.56. The van der Waals surface area contributed by atoms with E-state index in [4.69, 9.17) is 21.1 Å². The molecule has 122 valence electrons. The Bertz CT molecular complexity index is 697. The Hall–Kier alpha value is -1.92. The second-order valence-corrected chi connectivity index (χ2v) is 6.35. The predicted octanol–water partition coefficient (Wildman–Crippen LogP) is 3.87. The molecule has 1 aromatic heterocycles. The van der Waals surface area contributed by atoms with Gasteiger partial charge in [0.05, 0.1) is 24.5 Å². The van der Waals surface area contributed by atoms with Crippen molar-refractivity contribution in [2.75, 3.05) is 19.5 Å². The maximum atomic E-state index is 12.3. The molecule has 1 aromatic carbocycles. The van der Waals surface area contributed by atoms with Gasteiger partial charge in [-0.15, -0.1) is 0 Å². The van der Waals surface area contributed by atoms with Gasteiger partial charge in [0.15, 0.2) is 11.5 Å². The van der Waals surface area contributed by atoms with Crippen molar-refractivity contribution in [2.24, 2.45) is 0 Å². The van der Waals surface area contributed by atoms with Crippen LogP contribution in [0.1, 0.15) is 6.92 Å². The van der Waals surface area contributed by atoms with Crippen LogP contribution in [0.15, 0.2) is 41.6 Å². The molecule has 0 fully saturated rings. The average molecular weight is 353 g/mol. The highest BCUT2D eigenvalue weighted by molar-refractivity contribution is 8.00. The first-order chi connectivity index (χ1) is 11.0. The number of anilines is 1. The Kier molecular flexibility index (Phi) is 6.12. The van der Waals surface area contributed by atoms with Gasteiger partial charge in [-0.2, -0.15) is 0 Å². The largest absolute Gasteiger partial charge is 0.493 e. The lowest BCUT2D eigenvalue weighted by Gasteiger charge is -2.14. The van der Waals surface area contributed by atoms with Crippen molar-refractivity contribution in [3.05, 3.63) is 41.6 Å². The normalized spacial score (nSPS) is 11.7. The number of hydrogen-bond acceptors (Lipinski definition) is 5. The van der Waals surface area contributed by atoms with Crippen LogP contribution in [0.3, 0.4) is 0 Å². The molecule has 0 bridgehead atoms. The number of halogens is 1. The van der Waals surface area contributed by atoms with E-state index in [1.54, 1.807) is 57.7 Å². The molecule has 1 atom stereocenters. The van der Waals surface area contributed by atoms with Gasteiger partial charge in [-0.25, -0.2) is 4.98 Å². The summed E-state index contributed by atoms with van der Waals surface area (Å²) in [5.41, 5.74) is 0.632. The number of nitrogens with zero attached hydrogens (tertiary/aromatic N) is 1. The van der Waals surface area contributed by atoms with Crippen LogP contribution in [0.5, 0.6) is 11.5 Å². The van der Waals surface area contributed by atoms with E-state index in [2.05, 4.69) is 10.3 Å². The molecule has 0 saturated carbocycles. The summed E-state index contributed by atoms with van der Waals surface area (Å²) in [5.74, 6) is 1.01. The fraction of sp³-hybridized carbons (Fsp3) is 0.250. The zero-order valence-corrected chi connectivity index (χ0v) is 14.6. The summed E-state index contributed by atoms with van der Waals surface area (Å²) in [6.45, 7) is 1.80. The minimum Gasteiger partial charge on any atom is -0.493 e. The highest BCUT2D eigenvalue weighted by Crippen LogP contribution is 2.31. The molecule has 0 aliphatic heterocycles. The number of pyridine rings is 1. The smallest absolute Gasteiger partial charge is 0.237 e. The summed E-state index contributed by atoms with van der Waals surface area (Å²) in [6, 6.07) is 8.70. The second-order valence-electron chi connectivity index (χ2n) is 4.61. The number of hydrogen-bond donors (Lipinski definition) is 1. The monoisotopic (exact) mass is 352 g/mol. The first kappa shape index (κ1) is 17.4. The van der Waals surface area contributed by atoms with Gasteiger partial charge in [-0.3, -0.25) is 4.79 Å². The van der Waals surface area contributed by atoms with Crippen LogP contribution in [0.4, 0.5) is 5.69 Å². The van der Waals surface area contributed by atoms with Gasteiger partial charge in [0.25, 0.3) is 0 Å². The maximum Gasteiger partial charge on any atom is 0.237 e. The second kappa shape index (κ2) is 8.08. The molecule has 0 saturated heterocycles. The molecular formula is C16H17ClN2O3S. The summed E-state index contributed by atoms with van der Waals surface area (Å²) < 4.78 is 10.4. The summed E-state index contributed by atoms with van der Waals surface area (Å²) in [6.07, 6.45) is 1.65. The van der Waals surface area contributed by atoms with Crippen LogP contribution in [0.25, 0.3) is 0 Å². The van der Waals surface area contributed by atoms with Crippen LogP contribution in [0, 0.1) is 0 Å². The van der Waals surface area contributed by atoms with Gasteiger partial charge >= 0.3 is 0 Å². The third-order valence-corrected chi connectivity index (χ3v) is 4.57. The van der Waals surface area contributed by atoms with Crippen molar-refractivity contribution in [3.8, 4) is 11.5 Å². The molecule has 1 N–H and O–H groups in total. The van der Waals surface area contributed by atoms with Crippen molar-refractivity contribution in [1.29, 1.82) is 0 Å². The first-order valence-electron chi connectivity index (χ1n) is 6.85. The fourth-order valence-corrected chi connectivity index (χ4v) is 2.90. The molecule has 7 heteroatoms. The number of nitrogens with one attached hydrogen (secondary N) is 1. The molecule has 2 aromatic rings. The highest BCUT2D eigenvalue weighted by Gasteiger charge is 2.17. The zero-order chi connectivity index (χ0) is 16.8. The highest BCUT2D eigenvalue weighted by atomic mass is 35.5. The van der Waals surface area contributed by atoms with Crippen LogP contribution < -0.4 is 14.8 Å². The summed E-state index contributed by atoms with van der Waals surface area (Å²) >= 11 is 7.36. The fourth-order valence-electron chi connectivity index (χ4n) is 1.84. The number of rotatable bonds is 6. The third-order valence-electron chi connectivity index (χ3n) is 3.03. The molecule has 0 aliphatic carbocycles. The van der Waals surface area contributed by atoms with Gasteiger partial charge in [-0.1, -0.05) is 23.4 Å². The van der Waals surface area contributed by atoms with Crippen molar-refractivity contribution >= 4 is 35.0 Å². The van der Waals surface area contributed by atoms with Crippen LogP contribution in [0.2, 0.25) is 5.02 Å². The number of benzene rings is 1. The predicted molar refractivity (Wildman–Crippen MR) is 92.7 cm³/mol. The van der Waals surface area contributed by atoms with Crippen molar-refractivity contribution in [3.63, 3.8) is 0 Å². The molecular weight excluding hydrogens is 336 g/mol. The van der Waals surface area contributed by atoms with E-state index in [1.165, 1.54) is 11.8 Å². The topological polar surface area (TPSA) is 60.5 Å². The van der Waals surface area contributed by atoms with E-state index in [0.717, 1.165) is 0 Å². The number of carbonyl (C=O) groups excluding carboxylic acids is 1. The summed E-state index contributed by atoms with van der Waals surface area (Å²) in [5, 5.41) is 3.65. The number of carbonyl (C=O) groups is 1. The van der Waals surface area contributed by atoms with E-state index in [0.29, 0.717) is 27.2 Å². The minimum atomic E-state index is -0.351. The lowest BCUT2D eigenvalue weighted by atomic mass is 10.2. The van der Waals surface area contributed by atoms with Gasteiger partial charge < -0.3 is 14.8 Å². The molecule has 1 heterocycles. The number of methoxy groups -OCH3 is 2. The molecule has 0 aliphatic rings. The Morgan fingerprint density at radius 2 is 2.00 bits per heavy atom. The number of amides is 1. The molecule has 23 heavy (non-hydrogen) atoms. The zero-order valence-electron chi connectivity index (χ0n) is 13.0. The van der Waals surface area contributed by atoms with Crippen LogP contribution >= 0.6 is 23.4 Å². The minimum absolute atomic E-state index is 0.149. The van der Waals surface area contributed by atoms with Gasteiger partial charge in [0, 0.05) is 18.0 Å². The van der Waals surface area contributed by atoms with Crippen molar-refractivity contribution < 1.29 is 14.3 Å². The lowest BCUT2D eigenvalue weighted by molar-refractivity contribution is -0.115. The molecule has 2 rings (SSSR count). The Morgan fingerprint density at radius 1 is 1.26 bits per heavy atom. The van der Waals surface area contributed by atoms with Gasteiger partial charge in [-0.05, 0) is 31.2 Å². The lowest BCUT2D eigenvalue weighted by Crippen LogP contribution is -2.22. The number of thioether (sulfide) groups is 1. The van der Waals surface area contributed by atoms with E-state index in [9.17, 15) is 4.79 Å². The summed E-state index contributed by atoms with van der Waals surface area (Å²) in [7, 11) is 3.11. The molecule has 1 amide bonds. The quantitative estimate of drug-likeness (QED) is 0.799. The number of aromatic nitrogens is 1. The van der Waals surface area contributed by atoms with E-state index in [-0.39, 0.29) is 11.2 Å². The SMILES string of the molecule is COc1ccc(NC(=O)C(C)Sc2ncccc2Cl)cc1OC. The number of ether oxygens (including phenoxy) is 2. The van der Waals surface area contributed by atoms with Gasteiger partial charge in [0.1, 0.15) is 5.03 Å². The first-order valence-corrected chi connectivity index (χ1v) is 8.11. The van der Waals surface area contributed by atoms with E-state index < -0.39 is 0 Å². The third kappa shape index (κ3) is 4.53. The van der Waals surface area contributed by atoms with E-state index >= 15 is 0 Å². The van der Waals surface area contributed by atoms with Gasteiger partial charge in [0.2, 0.25) is 5.91 Å². The Morgan fingerprint density at radius 3 is 2.65 bits per heavy atom. The molecule has 0 spiro atoms. The summed E-state index contributed by atoms with van der Waals surface area (Å²) in [4.78, 5) is 16.5. The molecule has 5 nitrogen and oxygen atoms in total. The maximum absolute atomic E-state index is 12.3. The molecule has 1 unspecified atom stereocenters. The molecule has 0 radical (unpaired) electrons. The van der Waals surface area contributed by atoms with Crippen molar-refractivity contribution in [1.82, 2.24) is 4.98 Å². The Balaban J connectivity index is 2.05. The van der Waals surface area contributed by atoms with Crippen LogP contribution in [-0.4, -0.2) is 30.4 Å². The van der Waals surface area contributed by atoms with E-state index in [1.807, 2.05) is 0 Å². The van der Waals surface area contributed by atoms with Crippen molar-refractivity contribution in [2.45, 2.75) is 17.2 Å². The standard InChI is InChI=1S/C16H17ClN2O3S/c1-10(23-16-12(17)5-4-8-18-16)15(20)19-11-6-7-13(21-2)14(9-11)22-3/h4-10H,1-3H3,(H,19,20). The Labute approximate surface area is 144 Å².